The number of hydrogen-bond acceptors (Lipinski definition) is 3. The SMILES string of the molecule is c1ccc(-c2cc(N(c3ccccc3)c3ccc(-c4ccc5c(c4)sc4ccccc45)cc3)c3c(c2)oc2c4ccccc4c4ccccc4c23)cc1. The third-order valence-electron chi connectivity index (χ3n) is 10.6. The fourth-order valence-electron chi connectivity index (χ4n) is 8.19. The van der Waals surface area contributed by atoms with Crippen LogP contribution in [0.5, 0.6) is 0 Å². The van der Waals surface area contributed by atoms with Gasteiger partial charge in [0.1, 0.15) is 11.2 Å². The Kier molecular flexibility index (Phi) is 6.76. The molecular formula is C50H31NOS. The third kappa shape index (κ3) is 4.78. The Morgan fingerprint density at radius 1 is 0.358 bits per heavy atom. The largest absolute Gasteiger partial charge is 0.455 e. The van der Waals surface area contributed by atoms with Crippen molar-refractivity contribution in [1.29, 1.82) is 0 Å². The van der Waals surface area contributed by atoms with Gasteiger partial charge in [-0.1, -0.05) is 140 Å². The van der Waals surface area contributed by atoms with Crippen molar-refractivity contribution in [2.75, 3.05) is 4.90 Å². The van der Waals surface area contributed by atoms with Gasteiger partial charge in [-0.2, -0.15) is 0 Å². The summed E-state index contributed by atoms with van der Waals surface area (Å²) in [4.78, 5) is 2.40. The van der Waals surface area contributed by atoms with E-state index in [-0.39, 0.29) is 0 Å². The van der Waals surface area contributed by atoms with Gasteiger partial charge in [-0.05, 0) is 86.9 Å². The van der Waals surface area contributed by atoms with Crippen molar-refractivity contribution in [3.63, 3.8) is 0 Å². The van der Waals surface area contributed by atoms with Gasteiger partial charge in [0.15, 0.2) is 0 Å². The zero-order chi connectivity index (χ0) is 34.9. The first-order chi connectivity index (χ1) is 26.3. The molecule has 53 heavy (non-hydrogen) atoms. The standard InChI is InChI=1S/C50H31NOS/c1-3-13-32(14-4-1)35-29-44(49-45(30-35)52-50-43-21-10-8-18-39(43)38-17-7-9-20-42(38)48(49)50)51(36-15-5-2-6-16-36)37-26-23-33(24-27-37)34-25-28-41-40-19-11-12-22-46(40)53-47(41)31-34/h1-31H. The molecule has 11 rings (SSSR count). The Morgan fingerprint density at radius 2 is 0.925 bits per heavy atom. The number of hydrogen-bond donors (Lipinski definition) is 0. The summed E-state index contributed by atoms with van der Waals surface area (Å²) >= 11 is 1.86. The number of fused-ring (bicyclic) bond motifs is 11. The van der Waals surface area contributed by atoms with Gasteiger partial charge in [0.25, 0.3) is 0 Å². The number of para-hydroxylation sites is 1. The summed E-state index contributed by atoms with van der Waals surface area (Å²) in [5.74, 6) is 0. The first kappa shape index (κ1) is 30.0. The van der Waals surface area contributed by atoms with Crippen LogP contribution in [-0.2, 0) is 0 Å². The van der Waals surface area contributed by atoms with Crippen LogP contribution in [0.4, 0.5) is 17.1 Å². The molecular weight excluding hydrogens is 663 g/mol. The first-order valence-corrected chi connectivity index (χ1v) is 18.8. The van der Waals surface area contributed by atoms with Gasteiger partial charge in [-0.3, -0.25) is 0 Å². The molecule has 0 radical (unpaired) electrons. The smallest absolute Gasteiger partial charge is 0.143 e. The lowest BCUT2D eigenvalue weighted by Crippen LogP contribution is -2.10. The lowest BCUT2D eigenvalue weighted by Gasteiger charge is -2.27. The molecule has 9 aromatic carbocycles. The van der Waals surface area contributed by atoms with Crippen LogP contribution >= 0.6 is 11.3 Å². The van der Waals surface area contributed by atoms with Gasteiger partial charge in [0.2, 0.25) is 0 Å². The number of thiophene rings is 1. The molecule has 0 saturated carbocycles. The molecule has 0 aliphatic carbocycles. The average molecular weight is 694 g/mol. The summed E-state index contributed by atoms with van der Waals surface area (Å²) in [6.07, 6.45) is 0. The predicted molar refractivity (Wildman–Crippen MR) is 227 cm³/mol. The van der Waals surface area contributed by atoms with E-state index >= 15 is 0 Å². The van der Waals surface area contributed by atoms with Crippen molar-refractivity contribution >= 4 is 92.1 Å². The molecule has 11 aromatic rings. The topological polar surface area (TPSA) is 16.4 Å². The Hall–Kier alpha value is -6.68. The lowest BCUT2D eigenvalue weighted by molar-refractivity contribution is 0.673. The van der Waals surface area contributed by atoms with Crippen molar-refractivity contribution < 1.29 is 4.42 Å². The van der Waals surface area contributed by atoms with Crippen LogP contribution in [0, 0.1) is 0 Å². The van der Waals surface area contributed by atoms with Crippen molar-refractivity contribution in [3.05, 3.63) is 188 Å². The van der Waals surface area contributed by atoms with E-state index in [9.17, 15) is 0 Å². The minimum absolute atomic E-state index is 0.868. The Balaban J connectivity index is 1.17. The number of furan rings is 1. The minimum Gasteiger partial charge on any atom is -0.455 e. The third-order valence-corrected chi connectivity index (χ3v) is 11.8. The molecule has 0 saturated heterocycles. The molecule has 248 valence electrons. The molecule has 3 heteroatoms. The summed E-state index contributed by atoms with van der Waals surface area (Å²) in [5, 5.41) is 9.61. The van der Waals surface area contributed by atoms with E-state index in [2.05, 4.69) is 193 Å². The van der Waals surface area contributed by atoms with Gasteiger partial charge in [-0.25, -0.2) is 0 Å². The molecule has 0 N–H and O–H groups in total. The summed E-state index contributed by atoms with van der Waals surface area (Å²) in [6, 6.07) is 67.8. The van der Waals surface area contributed by atoms with Crippen LogP contribution < -0.4 is 4.90 Å². The van der Waals surface area contributed by atoms with Gasteiger partial charge < -0.3 is 9.32 Å². The summed E-state index contributed by atoms with van der Waals surface area (Å²) in [5.41, 5.74) is 9.68. The second-order valence-corrected chi connectivity index (χ2v) is 14.7. The molecule has 0 unspecified atom stereocenters. The van der Waals surface area contributed by atoms with E-state index < -0.39 is 0 Å². The van der Waals surface area contributed by atoms with E-state index in [1.165, 1.54) is 47.5 Å². The fraction of sp³-hybridized carbons (Fsp3) is 0. The molecule has 0 bridgehead atoms. The zero-order valence-electron chi connectivity index (χ0n) is 28.7. The number of benzene rings is 9. The van der Waals surface area contributed by atoms with Crippen LogP contribution in [0.15, 0.2) is 192 Å². The normalized spacial score (nSPS) is 11.8. The summed E-state index contributed by atoms with van der Waals surface area (Å²) in [6.45, 7) is 0. The highest BCUT2D eigenvalue weighted by molar-refractivity contribution is 7.25. The highest BCUT2D eigenvalue weighted by Gasteiger charge is 2.24. The molecule has 0 aliphatic heterocycles. The highest BCUT2D eigenvalue weighted by Crippen LogP contribution is 2.49. The predicted octanol–water partition coefficient (Wildman–Crippen LogP) is 15.1. The molecule has 2 nitrogen and oxygen atoms in total. The molecule has 0 atom stereocenters. The number of anilines is 3. The van der Waals surface area contributed by atoms with Gasteiger partial charge in [-0.15, -0.1) is 11.3 Å². The Bertz CT molecular complexity index is 3160. The van der Waals surface area contributed by atoms with Crippen molar-refractivity contribution in [1.82, 2.24) is 0 Å². The van der Waals surface area contributed by atoms with E-state index in [1.54, 1.807) is 0 Å². The highest BCUT2D eigenvalue weighted by atomic mass is 32.1. The maximum Gasteiger partial charge on any atom is 0.143 e. The minimum atomic E-state index is 0.868. The van der Waals surface area contributed by atoms with E-state index in [1.807, 2.05) is 11.3 Å². The molecule has 2 aromatic heterocycles. The van der Waals surface area contributed by atoms with E-state index in [0.29, 0.717) is 0 Å². The lowest BCUT2D eigenvalue weighted by atomic mass is 9.95. The molecule has 0 spiro atoms. The van der Waals surface area contributed by atoms with Gasteiger partial charge >= 0.3 is 0 Å². The van der Waals surface area contributed by atoms with Crippen molar-refractivity contribution in [3.8, 4) is 22.3 Å². The van der Waals surface area contributed by atoms with Crippen LogP contribution in [-0.4, -0.2) is 0 Å². The second kappa shape index (κ2) is 11.9. The van der Waals surface area contributed by atoms with Crippen LogP contribution in [0.25, 0.3) is 85.9 Å². The molecule has 2 heterocycles. The maximum atomic E-state index is 7.01. The van der Waals surface area contributed by atoms with Gasteiger partial charge in [0.05, 0.1) is 11.1 Å². The molecule has 0 amide bonds. The van der Waals surface area contributed by atoms with E-state index in [4.69, 9.17) is 4.42 Å². The summed E-state index contributed by atoms with van der Waals surface area (Å²) < 4.78 is 9.64. The Morgan fingerprint density at radius 3 is 1.70 bits per heavy atom. The second-order valence-electron chi connectivity index (χ2n) is 13.7. The zero-order valence-corrected chi connectivity index (χ0v) is 29.5. The maximum absolute atomic E-state index is 7.01. The van der Waals surface area contributed by atoms with E-state index in [0.717, 1.165) is 55.5 Å². The van der Waals surface area contributed by atoms with Crippen molar-refractivity contribution in [2.45, 2.75) is 0 Å². The monoisotopic (exact) mass is 693 g/mol. The van der Waals surface area contributed by atoms with Crippen molar-refractivity contribution in [2.24, 2.45) is 0 Å². The fourth-order valence-corrected chi connectivity index (χ4v) is 9.34. The first-order valence-electron chi connectivity index (χ1n) is 18.0. The Labute approximate surface area is 310 Å². The van der Waals surface area contributed by atoms with Crippen LogP contribution in [0.1, 0.15) is 0 Å². The van der Waals surface area contributed by atoms with Gasteiger partial charge in [0, 0.05) is 42.3 Å². The molecule has 0 aliphatic rings. The van der Waals surface area contributed by atoms with Crippen LogP contribution in [0.3, 0.4) is 0 Å². The average Bonchev–Trinajstić information content (AvgIpc) is 3.81. The number of nitrogens with zero attached hydrogens (tertiary/aromatic N) is 1. The summed E-state index contributed by atoms with van der Waals surface area (Å²) in [7, 11) is 0. The molecule has 0 fully saturated rings. The van der Waals surface area contributed by atoms with Crippen LogP contribution in [0.2, 0.25) is 0 Å². The number of rotatable bonds is 5. The quantitative estimate of drug-likeness (QED) is 0.167.